The molecule has 2 aromatic rings. The van der Waals surface area contributed by atoms with Gasteiger partial charge in [-0.25, -0.2) is 13.2 Å². The summed E-state index contributed by atoms with van der Waals surface area (Å²) < 4.78 is 37.2. The van der Waals surface area contributed by atoms with Crippen molar-refractivity contribution in [3.63, 3.8) is 0 Å². The Bertz CT molecular complexity index is 1050. The molecule has 0 unspecified atom stereocenters. The highest BCUT2D eigenvalue weighted by Gasteiger charge is 2.27. The molecule has 0 spiro atoms. The van der Waals surface area contributed by atoms with Crippen molar-refractivity contribution in [1.82, 2.24) is 9.21 Å². The van der Waals surface area contributed by atoms with Crippen LogP contribution >= 0.6 is 0 Å². The number of rotatable bonds is 7. The fourth-order valence-electron chi connectivity index (χ4n) is 3.17. The Morgan fingerprint density at radius 3 is 2.52 bits per heavy atom. The molecule has 31 heavy (non-hydrogen) atoms. The zero-order valence-electron chi connectivity index (χ0n) is 17.6. The third-order valence-electron chi connectivity index (χ3n) is 5.10. The molecule has 0 N–H and O–H groups in total. The number of morpholine rings is 1. The van der Waals surface area contributed by atoms with E-state index in [0.717, 1.165) is 11.1 Å². The second-order valence-corrected chi connectivity index (χ2v) is 9.23. The molecule has 2 aromatic carbocycles. The molecular formula is C22H26N2O6S. The first-order valence-electron chi connectivity index (χ1n) is 9.92. The predicted octanol–water partition coefficient (Wildman–Crippen LogP) is 1.83. The molecule has 1 amide bonds. The molecule has 1 aliphatic heterocycles. The molecule has 0 saturated carbocycles. The van der Waals surface area contributed by atoms with Gasteiger partial charge >= 0.3 is 5.97 Å². The van der Waals surface area contributed by atoms with Crippen molar-refractivity contribution in [1.29, 1.82) is 0 Å². The summed E-state index contributed by atoms with van der Waals surface area (Å²) in [6, 6.07) is 13.4. The number of likely N-dealkylation sites (N-methyl/N-ethyl adjacent to an activating group) is 1. The number of amides is 1. The summed E-state index contributed by atoms with van der Waals surface area (Å²) in [5, 5.41) is 0. The lowest BCUT2D eigenvalue weighted by molar-refractivity contribution is -0.133. The van der Waals surface area contributed by atoms with Gasteiger partial charge in [-0.1, -0.05) is 30.3 Å². The third kappa shape index (κ3) is 5.69. The van der Waals surface area contributed by atoms with Gasteiger partial charge in [-0.15, -0.1) is 0 Å². The van der Waals surface area contributed by atoms with Gasteiger partial charge in [-0.3, -0.25) is 4.79 Å². The lowest BCUT2D eigenvalue weighted by Crippen LogP contribution is -2.40. The maximum atomic E-state index is 12.8. The lowest BCUT2D eigenvalue weighted by Gasteiger charge is -2.26. The van der Waals surface area contributed by atoms with E-state index in [2.05, 4.69) is 0 Å². The van der Waals surface area contributed by atoms with Crippen LogP contribution in [0, 0.1) is 6.92 Å². The Labute approximate surface area is 182 Å². The summed E-state index contributed by atoms with van der Waals surface area (Å²) in [7, 11) is -2.09. The van der Waals surface area contributed by atoms with Crippen molar-refractivity contribution in [2.24, 2.45) is 0 Å². The molecule has 3 rings (SSSR count). The van der Waals surface area contributed by atoms with Gasteiger partial charge < -0.3 is 14.4 Å². The molecule has 0 bridgehead atoms. The van der Waals surface area contributed by atoms with Crippen LogP contribution < -0.4 is 0 Å². The number of carbonyl (C=O) groups is 2. The fraction of sp³-hybridized carbons (Fsp3) is 0.364. The number of sulfonamides is 1. The zero-order valence-corrected chi connectivity index (χ0v) is 18.4. The Kier molecular flexibility index (Phi) is 7.42. The van der Waals surface area contributed by atoms with Crippen LogP contribution in [0.3, 0.4) is 0 Å². The highest BCUT2D eigenvalue weighted by Crippen LogP contribution is 2.19. The number of hydrogen-bond acceptors (Lipinski definition) is 6. The van der Waals surface area contributed by atoms with E-state index in [4.69, 9.17) is 9.47 Å². The van der Waals surface area contributed by atoms with Gasteiger partial charge in [0.15, 0.2) is 6.61 Å². The monoisotopic (exact) mass is 446 g/mol. The van der Waals surface area contributed by atoms with Gasteiger partial charge in [0.25, 0.3) is 5.91 Å². The number of carbonyl (C=O) groups excluding carboxylic acids is 2. The molecule has 166 valence electrons. The van der Waals surface area contributed by atoms with Gasteiger partial charge in [-0.2, -0.15) is 4.31 Å². The largest absolute Gasteiger partial charge is 0.452 e. The van der Waals surface area contributed by atoms with E-state index in [1.165, 1.54) is 33.5 Å². The van der Waals surface area contributed by atoms with Gasteiger partial charge in [0, 0.05) is 26.7 Å². The summed E-state index contributed by atoms with van der Waals surface area (Å²) >= 11 is 0. The minimum Gasteiger partial charge on any atom is -0.452 e. The van der Waals surface area contributed by atoms with E-state index in [-0.39, 0.29) is 29.5 Å². The SMILES string of the molecule is Cc1ccccc1CN(C)C(=O)COC(=O)c1cccc(S(=O)(=O)N2CCOCC2)c1. The molecule has 1 aliphatic rings. The Balaban J connectivity index is 1.61. The molecule has 0 radical (unpaired) electrons. The number of benzene rings is 2. The Morgan fingerprint density at radius 1 is 1.10 bits per heavy atom. The van der Waals surface area contributed by atoms with Crippen LogP contribution in [0.15, 0.2) is 53.4 Å². The average Bonchev–Trinajstić information content (AvgIpc) is 2.79. The van der Waals surface area contributed by atoms with Gasteiger partial charge in [0.05, 0.1) is 23.7 Å². The van der Waals surface area contributed by atoms with E-state index in [0.29, 0.717) is 19.8 Å². The minimum atomic E-state index is -3.73. The summed E-state index contributed by atoms with van der Waals surface area (Å²) in [6.07, 6.45) is 0. The lowest BCUT2D eigenvalue weighted by atomic mass is 10.1. The first-order chi connectivity index (χ1) is 14.8. The van der Waals surface area contributed by atoms with E-state index >= 15 is 0 Å². The van der Waals surface area contributed by atoms with Gasteiger partial charge in [0.2, 0.25) is 10.0 Å². The zero-order chi connectivity index (χ0) is 22.4. The first kappa shape index (κ1) is 22.9. The smallest absolute Gasteiger partial charge is 0.338 e. The van der Waals surface area contributed by atoms with Crippen LogP contribution in [0.4, 0.5) is 0 Å². The number of esters is 1. The molecule has 0 aromatic heterocycles. The second-order valence-electron chi connectivity index (χ2n) is 7.30. The number of aryl methyl sites for hydroxylation is 1. The van der Waals surface area contributed by atoms with Crippen molar-refractivity contribution in [2.45, 2.75) is 18.4 Å². The second kappa shape index (κ2) is 10.0. The van der Waals surface area contributed by atoms with Crippen molar-refractivity contribution < 1.29 is 27.5 Å². The molecule has 8 nitrogen and oxygen atoms in total. The molecular weight excluding hydrogens is 420 g/mol. The number of hydrogen-bond donors (Lipinski definition) is 0. The molecule has 0 atom stereocenters. The summed E-state index contributed by atoms with van der Waals surface area (Å²) in [5.74, 6) is -1.11. The van der Waals surface area contributed by atoms with Crippen LogP contribution in [0.25, 0.3) is 0 Å². The van der Waals surface area contributed by atoms with Crippen LogP contribution in [-0.2, 0) is 30.8 Å². The number of ether oxygens (including phenoxy) is 2. The quantitative estimate of drug-likeness (QED) is 0.603. The Morgan fingerprint density at radius 2 is 1.81 bits per heavy atom. The van der Waals surface area contributed by atoms with Crippen molar-refractivity contribution in [3.05, 3.63) is 65.2 Å². The average molecular weight is 447 g/mol. The third-order valence-corrected chi connectivity index (χ3v) is 6.99. The molecule has 0 aliphatic carbocycles. The predicted molar refractivity (Wildman–Crippen MR) is 114 cm³/mol. The highest BCUT2D eigenvalue weighted by molar-refractivity contribution is 7.89. The fourth-order valence-corrected chi connectivity index (χ4v) is 4.63. The van der Waals surface area contributed by atoms with E-state index in [1.807, 2.05) is 31.2 Å². The van der Waals surface area contributed by atoms with Crippen molar-refractivity contribution in [2.75, 3.05) is 40.0 Å². The van der Waals surface area contributed by atoms with Crippen molar-refractivity contribution in [3.8, 4) is 0 Å². The Hall–Kier alpha value is -2.75. The molecule has 1 saturated heterocycles. The highest BCUT2D eigenvalue weighted by atomic mass is 32.2. The summed E-state index contributed by atoms with van der Waals surface area (Å²) in [5.41, 5.74) is 2.15. The van der Waals surface area contributed by atoms with Crippen molar-refractivity contribution >= 4 is 21.9 Å². The van der Waals surface area contributed by atoms with E-state index in [1.54, 1.807) is 7.05 Å². The topological polar surface area (TPSA) is 93.2 Å². The van der Waals surface area contributed by atoms with Crippen LogP contribution in [0.1, 0.15) is 21.5 Å². The van der Waals surface area contributed by atoms with Crippen LogP contribution in [0.2, 0.25) is 0 Å². The van der Waals surface area contributed by atoms with Crippen LogP contribution in [-0.4, -0.2) is 69.5 Å². The van der Waals surface area contributed by atoms with Gasteiger partial charge in [0.1, 0.15) is 0 Å². The maximum Gasteiger partial charge on any atom is 0.338 e. The maximum absolute atomic E-state index is 12.8. The molecule has 1 fully saturated rings. The normalized spacial score (nSPS) is 14.8. The minimum absolute atomic E-state index is 0.00634. The molecule has 9 heteroatoms. The summed E-state index contributed by atoms with van der Waals surface area (Å²) in [4.78, 5) is 26.3. The first-order valence-corrected chi connectivity index (χ1v) is 11.4. The summed E-state index contributed by atoms with van der Waals surface area (Å²) in [6.45, 7) is 3.12. The van der Waals surface area contributed by atoms with E-state index in [9.17, 15) is 18.0 Å². The number of nitrogens with zero attached hydrogens (tertiary/aromatic N) is 2. The van der Waals surface area contributed by atoms with E-state index < -0.39 is 22.6 Å². The van der Waals surface area contributed by atoms with Gasteiger partial charge in [-0.05, 0) is 36.2 Å². The molecule has 1 heterocycles. The standard InChI is InChI=1S/C22H26N2O6S/c1-17-6-3-4-7-19(17)15-23(2)21(25)16-30-22(26)18-8-5-9-20(14-18)31(27,28)24-10-12-29-13-11-24/h3-9,14H,10-13,15-16H2,1-2H3. The van der Waals surface area contributed by atoms with Crippen LogP contribution in [0.5, 0.6) is 0 Å².